The monoisotopic (exact) mass is 588 g/mol. The Balaban J connectivity index is 1.18. The van der Waals surface area contributed by atoms with Crippen molar-refractivity contribution < 1.29 is 27.5 Å². The van der Waals surface area contributed by atoms with E-state index in [0.29, 0.717) is 36.2 Å². The van der Waals surface area contributed by atoms with Crippen LogP contribution in [0.1, 0.15) is 37.7 Å². The summed E-state index contributed by atoms with van der Waals surface area (Å²) in [6.45, 7) is 3.42. The van der Waals surface area contributed by atoms with E-state index in [9.17, 15) is 18.0 Å². The number of aliphatic hydroxyl groups excluding tert-OH is 1. The van der Waals surface area contributed by atoms with Gasteiger partial charge in [-0.2, -0.15) is 4.72 Å². The number of amides is 2. The summed E-state index contributed by atoms with van der Waals surface area (Å²) in [5.41, 5.74) is 0. The van der Waals surface area contributed by atoms with Crippen LogP contribution < -0.4 is 10.0 Å². The van der Waals surface area contributed by atoms with Crippen molar-refractivity contribution in [2.24, 2.45) is 0 Å². The molecule has 0 spiro atoms. The highest BCUT2D eigenvalue weighted by atomic mass is 35.5. The number of hydrogen-bond donors (Lipinski definition) is 3. The molecule has 2 aromatic carbocycles. The topological polar surface area (TPSA) is 132 Å². The Bertz CT molecular complexity index is 1510. The molecule has 2 fully saturated rings. The van der Waals surface area contributed by atoms with Crippen molar-refractivity contribution in [2.45, 2.75) is 62.4 Å². The first kappa shape index (κ1) is 28.6. The number of nitrogens with zero attached hydrogens (tertiary/aromatic N) is 2. The second kappa shape index (κ2) is 11.9. The van der Waals surface area contributed by atoms with Crippen molar-refractivity contribution >= 4 is 44.2 Å². The van der Waals surface area contributed by atoms with E-state index in [1.54, 1.807) is 48.2 Å². The van der Waals surface area contributed by atoms with Gasteiger partial charge in [0.1, 0.15) is 30.2 Å². The Morgan fingerprint density at radius 3 is 2.62 bits per heavy atom. The zero-order valence-corrected chi connectivity index (χ0v) is 23.7. The third-order valence-electron chi connectivity index (χ3n) is 7.62. The lowest BCUT2D eigenvalue weighted by Crippen LogP contribution is -2.54. The SMILES string of the molecule is C[C@@H](C(=O)N1CCCC(NCc2ccc(CO)o2)C1)N1CCC(NS(=O)(=O)c2ccc3cc(Cl)ccc3c2)C1=O. The number of nitrogens with one attached hydrogen (secondary N) is 2. The molecule has 2 amide bonds. The third-order valence-corrected chi connectivity index (χ3v) is 9.32. The molecule has 40 heavy (non-hydrogen) atoms. The van der Waals surface area contributed by atoms with Crippen LogP contribution in [0.4, 0.5) is 0 Å². The molecule has 5 rings (SSSR count). The summed E-state index contributed by atoms with van der Waals surface area (Å²) in [6, 6.07) is 11.9. The van der Waals surface area contributed by atoms with Crippen LogP contribution in [0.15, 0.2) is 57.8 Å². The maximum absolute atomic E-state index is 13.4. The van der Waals surface area contributed by atoms with Gasteiger partial charge >= 0.3 is 0 Å². The summed E-state index contributed by atoms with van der Waals surface area (Å²) in [6.07, 6.45) is 2.01. The molecule has 2 aliphatic heterocycles. The number of rotatable bonds is 9. The van der Waals surface area contributed by atoms with E-state index in [-0.39, 0.29) is 36.4 Å². The Kier molecular flexibility index (Phi) is 8.48. The highest BCUT2D eigenvalue weighted by Crippen LogP contribution is 2.24. The molecular weight excluding hydrogens is 556 g/mol. The zero-order chi connectivity index (χ0) is 28.4. The smallest absolute Gasteiger partial charge is 0.245 e. The van der Waals surface area contributed by atoms with Crippen LogP contribution in [-0.4, -0.2) is 72.9 Å². The maximum atomic E-state index is 13.4. The van der Waals surface area contributed by atoms with E-state index in [4.69, 9.17) is 21.1 Å². The lowest BCUT2D eigenvalue weighted by Gasteiger charge is -2.36. The lowest BCUT2D eigenvalue weighted by atomic mass is 10.0. The second-order valence-corrected chi connectivity index (χ2v) is 12.5. The molecular formula is C28H33ClN4O6S. The number of sulfonamides is 1. The number of carbonyl (C=O) groups excluding carboxylic acids is 2. The van der Waals surface area contributed by atoms with E-state index >= 15 is 0 Å². The maximum Gasteiger partial charge on any atom is 0.245 e. The number of carbonyl (C=O) groups is 2. The molecule has 3 heterocycles. The first-order chi connectivity index (χ1) is 19.1. The Hall–Kier alpha value is -2.96. The fourth-order valence-corrected chi connectivity index (χ4v) is 6.84. The van der Waals surface area contributed by atoms with Gasteiger partial charge in [0.15, 0.2) is 0 Å². The van der Waals surface area contributed by atoms with Crippen molar-refractivity contribution in [3.05, 3.63) is 65.1 Å². The Morgan fingerprint density at radius 1 is 1.10 bits per heavy atom. The minimum Gasteiger partial charge on any atom is -0.462 e. The molecule has 0 bridgehead atoms. The van der Waals surface area contributed by atoms with E-state index < -0.39 is 28.0 Å². The normalized spacial score (nSPS) is 20.8. The fourth-order valence-electron chi connectivity index (χ4n) is 5.40. The van der Waals surface area contributed by atoms with Crippen molar-refractivity contribution in [2.75, 3.05) is 19.6 Å². The van der Waals surface area contributed by atoms with Crippen molar-refractivity contribution in [1.29, 1.82) is 0 Å². The van der Waals surface area contributed by atoms with E-state index in [1.165, 1.54) is 11.0 Å². The minimum absolute atomic E-state index is 0.0617. The molecule has 0 aliphatic carbocycles. The highest BCUT2D eigenvalue weighted by molar-refractivity contribution is 7.89. The van der Waals surface area contributed by atoms with E-state index in [0.717, 1.165) is 23.6 Å². The summed E-state index contributed by atoms with van der Waals surface area (Å²) >= 11 is 6.03. The van der Waals surface area contributed by atoms with Crippen molar-refractivity contribution in [1.82, 2.24) is 19.8 Å². The molecule has 3 aromatic rings. The van der Waals surface area contributed by atoms with Crippen molar-refractivity contribution in [3.8, 4) is 0 Å². The van der Waals surface area contributed by atoms with Crippen LogP contribution >= 0.6 is 11.6 Å². The summed E-state index contributed by atoms with van der Waals surface area (Å²) in [4.78, 5) is 29.9. The quantitative estimate of drug-likeness (QED) is 0.350. The summed E-state index contributed by atoms with van der Waals surface area (Å²) < 4.78 is 34.3. The second-order valence-electron chi connectivity index (χ2n) is 10.4. The van der Waals surface area contributed by atoms with Crippen LogP contribution in [0.3, 0.4) is 0 Å². The molecule has 12 heteroatoms. The van der Waals surface area contributed by atoms with Gasteiger partial charge in [0.2, 0.25) is 21.8 Å². The Morgan fingerprint density at radius 2 is 1.85 bits per heavy atom. The molecule has 0 saturated carbocycles. The van der Waals surface area contributed by atoms with E-state index in [2.05, 4.69) is 10.0 Å². The van der Waals surface area contributed by atoms with Gasteiger partial charge in [-0.25, -0.2) is 8.42 Å². The largest absolute Gasteiger partial charge is 0.462 e. The van der Waals surface area contributed by atoms with Crippen LogP contribution in [0.2, 0.25) is 5.02 Å². The van der Waals surface area contributed by atoms with Gasteiger partial charge in [-0.15, -0.1) is 0 Å². The van der Waals surface area contributed by atoms with Gasteiger partial charge in [-0.3, -0.25) is 9.59 Å². The molecule has 1 aromatic heterocycles. The third kappa shape index (κ3) is 6.18. The summed E-state index contributed by atoms with van der Waals surface area (Å²) in [7, 11) is -3.96. The summed E-state index contributed by atoms with van der Waals surface area (Å²) in [5.74, 6) is 0.660. The van der Waals surface area contributed by atoms with Crippen LogP contribution in [-0.2, 0) is 32.8 Å². The number of hydrogen-bond acceptors (Lipinski definition) is 7. The van der Waals surface area contributed by atoms with Crippen LogP contribution in [0.25, 0.3) is 10.8 Å². The predicted molar refractivity (Wildman–Crippen MR) is 150 cm³/mol. The minimum atomic E-state index is -3.96. The van der Waals surface area contributed by atoms with E-state index in [1.807, 2.05) is 6.07 Å². The number of aliphatic hydroxyl groups is 1. The standard InChI is InChI=1S/C28H33ClN4O6S/c1-18(27(35)32-11-2-3-22(16-32)30-15-23-7-8-24(17-34)39-23)33-12-10-26(28(33)36)31-40(37,38)25-9-5-19-13-21(29)6-4-20(19)14-25/h4-9,13-14,18,22,26,30-31,34H,2-3,10-12,15-17H2,1H3/t18-,22?,26?/m0/s1. The predicted octanol–water partition coefficient (Wildman–Crippen LogP) is 2.63. The number of halogens is 1. The molecule has 3 atom stereocenters. The molecule has 3 N–H and O–H groups in total. The van der Waals surface area contributed by atoms with Gasteiger partial charge in [0.05, 0.1) is 11.4 Å². The first-order valence-corrected chi connectivity index (χ1v) is 15.2. The molecule has 2 unspecified atom stereocenters. The average molecular weight is 589 g/mol. The van der Waals surface area contributed by atoms with Crippen molar-refractivity contribution in [3.63, 3.8) is 0 Å². The number of furan rings is 1. The van der Waals surface area contributed by atoms with Gasteiger partial charge in [0, 0.05) is 30.7 Å². The number of likely N-dealkylation sites (tertiary alicyclic amines) is 2. The van der Waals surface area contributed by atoms with Gasteiger partial charge in [-0.05, 0) is 73.4 Å². The van der Waals surface area contributed by atoms with Crippen LogP contribution in [0, 0.1) is 0 Å². The number of fused-ring (bicyclic) bond motifs is 1. The highest BCUT2D eigenvalue weighted by Gasteiger charge is 2.40. The molecule has 2 saturated heterocycles. The lowest BCUT2D eigenvalue weighted by molar-refractivity contribution is -0.144. The average Bonchev–Trinajstić information content (AvgIpc) is 3.57. The molecule has 2 aliphatic rings. The first-order valence-electron chi connectivity index (χ1n) is 13.4. The van der Waals surface area contributed by atoms with Gasteiger partial charge < -0.3 is 24.6 Å². The molecule has 0 radical (unpaired) electrons. The van der Waals surface area contributed by atoms with Crippen LogP contribution in [0.5, 0.6) is 0 Å². The Labute approximate surface area is 238 Å². The number of piperidine rings is 1. The number of benzene rings is 2. The fraction of sp³-hybridized carbons (Fsp3) is 0.429. The summed E-state index contributed by atoms with van der Waals surface area (Å²) in [5, 5.41) is 14.7. The van der Waals surface area contributed by atoms with Gasteiger partial charge in [0.25, 0.3) is 0 Å². The van der Waals surface area contributed by atoms with Gasteiger partial charge in [-0.1, -0.05) is 23.7 Å². The molecule has 214 valence electrons. The molecule has 10 nitrogen and oxygen atoms in total. The zero-order valence-electron chi connectivity index (χ0n) is 22.2.